The summed E-state index contributed by atoms with van der Waals surface area (Å²) in [4.78, 5) is 0. The van der Waals surface area contributed by atoms with Crippen molar-refractivity contribution in [3.63, 3.8) is 0 Å². The van der Waals surface area contributed by atoms with Crippen molar-refractivity contribution in [1.29, 1.82) is 0 Å². The van der Waals surface area contributed by atoms with Crippen LogP contribution in [0.3, 0.4) is 0 Å². The highest BCUT2D eigenvalue weighted by atomic mass is 19.3. The summed E-state index contributed by atoms with van der Waals surface area (Å²) in [7, 11) is 0. The molecule has 3 heteroatoms. The van der Waals surface area contributed by atoms with Crippen LogP contribution in [0.1, 0.15) is 32.1 Å². The summed E-state index contributed by atoms with van der Waals surface area (Å²) >= 11 is 0. The minimum Gasteiger partial charge on any atom is -0.328 e. The van der Waals surface area contributed by atoms with Crippen molar-refractivity contribution in [1.82, 2.24) is 0 Å². The fourth-order valence-corrected chi connectivity index (χ4v) is 2.12. The van der Waals surface area contributed by atoms with Crippen molar-refractivity contribution in [3.05, 3.63) is 0 Å². The van der Waals surface area contributed by atoms with Crippen LogP contribution in [-0.2, 0) is 0 Å². The number of halogens is 2. The summed E-state index contributed by atoms with van der Waals surface area (Å²) in [5, 5.41) is 0. The van der Waals surface area contributed by atoms with E-state index in [1.807, 2.05) is 0 Å². The predicted molar refractivity (Wildman–Crippen MR) is 38.4 cm³/mol. The van der Waals surface area contributed by atoms with E-state index in [0.717, 1.165) is 12.8 Å². The molecule has 2 saturated carbocycles. The second-order valence-electron chi connectivity index (χ2n) is 4.00. The molecule has 2 aliphatic carbocycles. The molecule has 0 aromatic heterocycles. The highest BCUT2D eigenvalue weighted by Gasteiger charge is 2.70. The molecule has 2 rings (SSSR count). The Morgan fingerprint density at radius 2 is 1.64 bits per heavy atom. The molecule has 1 spiro atoms. The first-order valence-corrected chi connectivity index (χ1v) is 4.19. The summed E-state index contributed by atoms with van der Waals surface area (Å²) in [6, 6.07) is 0.178. The van der Waals surface area contributed by atoms with E-state index in [0.29, 0.717) is 12.8 Å². The Hall–Kier alpha value is -0.180. The van der Waals surface area contributed by atoms with Crippen molar-refractivity contribution in [2.75, 3.05) is 0 Å². The van der Waals surface area contributed by atoms with Gasteiger partial charge in [0.2, 0.25) is 0 Å². The lowest BCUT2D eigenvalue weighted by Gasteiger charge is -2.25. The van der Waals surface area contributed by atoms with Gasteiger partial charge in [0.1, 0.15) is 0 Å². The summed E-state index contributed by atoms with van der Waals surface area (Å²) in [6.07, 6.45) is 2.97. The fourth-order valence-electron chi connectivity index (χ4n) is 2.12. The fraction of sp³-hybridized carbons (Fsp3) is 1.00. The molecule has 0 amide bonds. The zero-order chi connectivity index (χ0) is 8.11. The topological polar surface area (TPSA) is 26.0 Å². The molecular formula is C8H13F2N. The van der Waals surface area contributed by atoms with E-state index in [1.165, 1.54) is 0 Å². The quantitative estimate of drug-likeness (QED) is 0.577. The van der Waals surface area contributed by atoms with Gasteiger partial charge in [-0.2, -0.15) is 0 Å². The van der Waals surface area contributed by atoms with Crippen LogP contribution in [0, 0.1) is 5.41 Å². The Balaban J connectivity index is 2.00. The Morgan fingerprint density at radius 1 is 1.18 bits per heavy atom. The van der Waals surface area contributed by atoms with E-state index in [9.17, 15) is 8.78 Å². The molecule has 11 heavy (non-hydrogen) atoms. The Kier molecular flexibility index (Phi) is 1.32. The number of hydrogen-bond acceptors (Lipinski definition) is 1. The average molecular weight is 161 g/mol. The van der Waals surface area contributed by atoms with Crippen LogP contribution in [0.15, 0.2) is 0 Å². The number of hydrogen-bond donors (Lipinski definition) is 1. The number of alkyl halides is 2. The Bertz CT molecular complexity index is 171. The molecule has 2 fully saturated rings. The smallest absolute Gasteiger partial charge is 0.254 e. The number of rotatable bonds is 0. The third kappa shape index (κ3) is 0.975. The van der Waals surface area contributed by atoms with Crippen LogP contribution >= 0.6 is 0 Å². The first-order chi connectivity index (χ1) is 5.06. The molecule has 0 heterocycles. The second-order valence-corrected chi connectivity index (χ2v) is 4.00. The highest BCUT2D eigenvalue weighted by Crippen LogP contribution is 2.67. The van der Waals surface area contributed by atoms with Gasteiger partial charge in [0.15, 0.2) is 0 Å². The molecule has 2 N–H and O–H groups in total. The zero-order valence-corrected chi connectivity index (χ0v) is 6.45. The highest BCUT2D eigenvalue weighted by molar-refractivity contribution is 5.11. The van der Waals surface area contributed by atoms with Gasteiger partial charge in [-0.25, -0.2) is 8.78 Å². The van der Waals surface area contributed by atoms with E-state index in [-0.39, 0.29) is 12.5 Å². The lowest BCUT2D eigenvalue weighted by molar-refractivity contribution is 0.0459. The van der Waals surface area contributed by atoms with E-state index in [1.54, 1.807) is 0 Å². The molecule has 0 bridgehead atoms. The summed E-state index contributed by atoms with van der Waals surface area (Å²) in [5.41, 5.74) is 5.02. The third-order valence-electron chi connectivity index (χ3n) is 3.20. The molecule has 64 valence electrons. The van der Waals surface area contributed by atoms with Gasteiger partial charge in [0.05, 0.1) is 0 Å². The normalized spacial score (nSPS) is 47.7. The van der Waals surface area contributed by atoms with Crippen LogP contribution in [0.4, 0.5) is 8.78 Å². The van der Waals surface area contributed by atoms with Gasteiger partial charge in [-0.3, -0.25) is 0 Å². The molecule has 0 atom stereocenters. The van der Waals surface area contributed by atoms with Gasteiger partial charge in [0, 0.05) is 17.9 Å². The van der Waals surface area contributed by atoms with Crippen molar-refractivity contribution >= 4 is 0 Å². The van der Waals surface area contributed by atoms with E-state index < -0.39 is 11.3 Å². The van der Waals surface area contributed by atoms with Crippen LogP contribution in [-0.4, -0.2) is 12.0 Å². The standard InChI is InChI=1S/C8H13F2N/c9-8(10)5-7(8)3-1-6(11)2-4-7/h6H,1-5,11H2. The SMILES string of the molecule is NC1CCC2(CC1)CC2(F)F. The predicted octanol–water partition coefficient (Wildman–Crippen LogP) is 1.91. The van der Waals surface area contributed by atoms with Crippen molar-refractivity contribution < 1.29 is 8.78 Å². The zero-order valence-electron chi connectivity index (χ0n) is 6.45. The van der Waals surface area contributed by atoms with Crippen LogP contribution in [0.2, 0.25) is 0 Å². The molecular weight excluding hydrogens is 148 g/mol. The molecule has 0 aliphatic heterocycles. The summed E-state index contributed by atoms with van der Waals surface area (Å²) in [5.74, 6) is -2.35. The molecule has 0 radical (unpaired) electrons. The lowest BCUT2D eigenvalue weighted by atomic mass is 9.83. The maximum atomic E-state index is 12.8. The van der Waals surface area contributed by atoms with Crippen LogP contribution in [0.25, 0.3) is 0 Å². The Morgan fingerprint density at radius 3 is 2.00 bits per heavy atom. The van der Waals surface area contributed by atoms with Crippen LogP contribution < -0.4 is 5.73 Å². The molecule has 0 unspecified atom stereocenters. The summed E-state index contributed by atoms with van der Waals surface area (Å²) in [6.45, 7) is 0. The summed E-state index contributed by atoms with van der Waals surface area (Å²) < 4.78 is 25.5. The maximum absolute atomic E-state index is 12.8. The molecule has 2 aliphatic rings. The van der Waals surface area contributed by atoms with Gasteiger partial charge in [-0.1, -0.05) is 0 Å². The average Bonchev–Trinajstić information content (AvgIpc) is 2.44. The van der Waals surface area contributed by atoms with Crippen molar-refractivity contribution in [3.8, 4) is 0 Å². The van der Waals surface area contributed by atoms with Gasteiger partial charge < -0.3 is 5.73 Å². The van der Waals surface area contributed by atoms with E-state index >= 15 is 0 Å². The first kappa shape index (κ1) is 7.47. The van der Waals surface area contributed by atoms with Crippen molar-refractivity contribution in [2.24, 2.45) is 11.1 Å². The van der Waals surface area contributed by atoms with E-state index in [2.05, 4.69) is 0 Å². The van der Waals surface area contributed by atoms with Gasteiger partial charge in [-0.05, 0) is 25.7 Å². The minimum absolute atomic E-state index is 0.118. The largest absolute Gasteiger partial charge is 0.328 e. The van der Waals surface area contributed by atoms with Gasteiger partial charge in [-0.15, -0.1) is 0 Å². The van der Waals surface area contributed by atoms with Gasteiger partial charge >= 0.3 is 0 Å². The molecule has 1 nitrogen and oxygen atoms in total. The molecule has 0 saturated heterocycles. The molecule has 0 aromatic carbocycles. The van der Waals surface area contributed by atoms with Crippen LogP contribution in [0.5, 0.6) is 0 Å². The third-order valence-corrected chi connectivity index (χ3v) is 3.20. The maximum Gasteiger partial charge on any atom is 0.254 e. The molecule has 0 aromatic rings. The van der Waals surface area contributed by atoms with Crippen molar-refractivity contribution in [2.45, 2.75) is 44.1 Å². The Labute approximate surface area is 65.0 Å². The van der Waals surface area contributed by atoms with Gasteiger partial charge in [0.25, 0.3) is 5.92 Å². The second kappa shape index (κ2) is 1.94. The number of nitrogens with two attached hydrogens (primary N) is 1. The van der Waals surface area contributed by atoms with E-state index in [4.69, 9.17) is 5.73 Å². The monoisotopic (exact) mass is 161 g/mol. The first-order valence-electron chi connectivity index (χ1n) is 4.19. The lowest BCUT2D eigenvalue weighted by Crippen LogP contribution is -2.29. The minimum atomic E-state index is -2.35.